The fourth-order valence-electron chi connectivity index (χ4n) is 2.00. The molecule has 5 nitrogen and oxygen atoms in total. The zero-order chi connectivity index (χ0) is 15.2. The average Bonchev–Trinajstić information content (AvgIpc) is 2.85. The lowest BCUT2D eigenvalue weighted by atomic mass is 10.2. The maximum absolute atomic E-state index is 5.70. The number of rotatable bonds is 7. The van der Waals surface area contributed by atoms with Gasteiger partial charge in [-0.3, -0.25) is 0 Å². The van der Waals surface area contributed by atoms with Crippen molar-refractivity contribution in [1.29, 1.82) is 0 Å². The molecule has 21 heavy (non-hydrogen) atoms. The van der Waals surface area contributed by atoms with Crippen molar-refractivity contribution in [3.63, 3.8) is 0 Å². The van der Waals surface area contributed by atoms with Crippen molar-refractivity contribution in [3.8, 4) is 11.5 Å². The summed E-state index contributed by atoms with van der Waals surface area (Å²) in [6, 6.07) is 7.87. The zero-order valence-electron chi connectivity index (χ0n) is 13.0. The molecule has 1 aromatic carbocycles. The van der Waals surface area contributed by atoms with Gasteiger partial charge in [0.2, 0.25) is 0 Å². The Morgan fingerprint density at radius 1 is 1.19 bits per heavy atom. The molecule has 0 radical (unpaired) electrons. The predicted octanol–water partition coefficient (Wildman–Crippen LogP) is 3.07. The molecule has 0 bridgehead atoms. The Labute approximate surface area is 125 Å². The van der Waals surface area contributed by atoms with Gasteiger partial charge in [0.25, 0.3) is 0 Å². The summed E-state index contributed by atoms with van der Waals surface area (Å²) in [5.74, 6) is 2.35. The number of aromatic nitrogens is 1. The SMILES string of the molecule is COc1cc(CNCc2cc(C)no2)ccc1OC(C)C. The van der Waals surface area contributed by atoms with Crippen LogP contribution < -0.4 is 14.8 Å². The predicted molar refractivity (Wildman–Crippen MR) is 80.5 cm³/mol. The van der Waals surface area contributed by atoms with E-state index in [9.17, 15) is 0 Å². The first-order valence-corrected chi connectivity index (χ1v) is 7.05. The van der Waals surface area contributed by atoms with E-state index in [1.54, 1.807) is 7.11 Å². The Balaban J connectivity index is 1.94. The average molecular weight is 290 g/mol. The van der Waals surface area contributed by atoms with Crippen molar-refractivity contribution in [1.82, 2.24) is 10.5 Å². The largest absolute Gasteiger partial charge is 0.493 e. The number of nitrogens with zero attached hydrogens (tertiary/aromatic N) is 1. The minimum atomic E-state index is 0.123. The summed E-state index contributed by atoms with van der Waals surface area (Å²) >= 11 is 0. The zero-order valence-corrected chi connectivity index (χ0v) is 13.0. The van der Waals surface area contributed by atoms with Crippen LogP contribution in [0.5, 0.6) is 11.5 Å². The summed E-state index contributed by atoms with van der Waals surface area (Å²) in [4.78, 5) is 0. The van der Waals surface area contributed by atoms with Crippen LogP contribution in [0, 0.1) is 6.92 Å². The Hall–Kier alpha value is -2.01. The standard InChI is InChI=1S/C16H22N2O3/c1-11(2)20-15-6-5-13(8-16(15)19-4)9-17-10-14-7-12(3)18-21-14/h5-8,11,17H,9-10H2,1-4H3. The quantitative estimate of drug-likeness (QED) is 0.849. The van der Waals surface area contributed by atoms with E-state index in [1.165, 1.54) is 0 Å². The summed E-state index contributed by atoms with van der Waals surface area (Å²) in [5.41, 5.74) is 2.02. The molecule has 2 aromatic rings. The maximum atomic E-state index is 5.70. The molecule has 0 unspecified atom stereocenters. The lowest BCUT2D eigenvalue weighted by molar-refractivity contribution is 0.230. The Morgan fingerprint density at radius 3 is 2.62 bits per heavy atom. The first kappa shape index (κ1) is 15.4. The fourth-order valence-corrected chi connectivity index (χ4v) is 2.00. The number of ether oxygens (including phenoxy) is 2. The Morgan fingerprint density at radius 2 is 2.00 bits per heavy atom. The highest BCUT2D eigenvalue weighted by Gasteiger charge is 2.07. The van der Waals surface area contributed by atoms with E-state index in [1.807, 2.05) is 45.0 Å². The van der Waals surface area contributed by atoms with E-state index in [2.05, 4.69) is 10.5 Å². The number of hydrogen-bond donors (Lipinski definition) is 1. The highest BCUT2D eigenvalue weighted by molar-refractivity contribution is 5.43. The summed E-state index contributed by atoms with van der Waals surface area (Å²) in [7, 11) is 1.65. The molecular weight excluding hydrogens is 268 g/mol. The van der Waals surface area contributed by atoms with Gasteiger partial charge in [-0.05, 0) is 38.5 Å². The van der Waals surface area contributed by atoms with Crippen LogP contribution >= 0.6 is 0 Å². The molecular formula is C16H22N2O3. The van der Waals surface area contributed by atoms with Gasteiger partial charge < -0.3 is 19.3 Å². The summed E-state index contributed by atoms with van der Waals surface area (Å²) in [5, 5.41) is 7.17. The second-order valence-corrected chi connectivity index (χ2v) is 5.19. The second kappa shape index (κ2) is 7.13. The molecule has 0 aliphatic carbocycles. The lowest BCUT2D eigenvalue weighted by Gasteiger charge is -2.14. The van der Waals surface area contributed by atoms with Crippen molar-refractivity contribution in [2.24, 2.45) is 0 Å². The minimum Gasteiger partial charge on any atom is -0.493 e. The number of benzene rings is 1. The monoisotopic (exact) mass is 290 g/mol. The van der Waals surface area contributed by atoms with Gasteiger partial charge >= 0.3 is 0 Å². The Kier molecular flexibility index (Phi) is 5.22. The van der Waals surface area contributed by atoms with Crippen LogP contribution in [-0.2, 0) is 13.1 Å². The topological polar surface area (TPSA) is 56.5 Å². The third kappa shape index (κ3) is 4.49. The first-order chi connectivity index (χ1) is 10.1. The summed E-state index contributed by atoms with van der Waals surface area (Å²) in [6.07, 6.45) is 0.123. The number of hydrogen-bond acceptors (Lipinski definition) is 5. The molecule has 0 fully saturated rings. The van der Waals surface area contributed by atoms with Gasteiger partial charge in [-0.2, -0.15) is 0 Å². The normalized spacial score (nSPS) is 10.9. The smallest absolute Gasteiger partial charge is 0.161 e. The van der Waals surface area contributed by atoms with Crippen molar-refractivity contribution in [2.45, 2.75) is 40.0 Å². The van der Waals surface area contributed by atoms with Crippen LogP contribution in [0.3, 0.4) is 0 Å². The van der Waals surface area contributed by atoms with Gasteiger partial charge in [0, 0.05) is 12.6 Å². The van der Waals surface area contributed by atoms with E-state index in [0.717, 1.165) is 35.1 Å². The molecule has 2 rings (SSSR count). The molecule has 5 heteroatoms. The van der Waals surface area contributed by atoms with Gasteiger partial charge in [0.15, 0.2) is 17.3 Å². The third-order valence-corrected chi connectivity index (χ3v) is 2.90. The molecule has 0 spiro atoms. The van der Waals surface area contributed by atoms with E-state index >= 15 is 0 Å². The summed E-state index contributed by atoms with van der Waals surface area (Å²) in [6.45, 7) is 7.26. The molecule has 0 saturated carbocycles. The van der Waals surface area contributed by atoms with Gasteiger partial charge in [-0.25, -0.2) is 0 Å². The molecule has 0 atom stereocenters. The summed E-state index contributed by atoms with van der Waals surface area (Å²) < 4.78 is 16.2. The number of aryl methyl sites for hydroxylation is 1. The van der Waals surface area contributed by atoms with Crippen LogP contribution in [0.2, 0.25) is 0 Å². The van der Waals surface area contributed by atoms with E-state index < -0.39 is 0 Å². The maximum Gasteiger partial charge on any atom is 0.161 e. The highest BCUT2D eigenvalue weighted by Crippen LogP contribution is 2.28. The molecule has 1 heterocycles. The van der Waals surface area contributed by atoms with Crippen molar-refractivity contribution >= 4 is 0 Å². The Bertz CT molecular complexity index is 579. The molecule has 1 aromatic heterocycles. The minimum absolute atomic E-state index is 0.123. The molecule has 114 valence electrons. The van der Waals surface area contributed by atoms with Gasteiger partial charge in [-0.1, -0.05) is 11.2 Å². The van der Waals surface area contributed by atoms with Crippen LogP contribution in [0.4, 0.5) is 0 Å². The molecule has 0 aliphatic heterocycles. The van der Waals surface area contributed by atoms with Crippen molar-refractivity contribution < 1.29 is 14.0 Å². The molecule has 0 aliphatic rings. The highest BCUT2D eigenvalue weighted by atomic mass is 16.5. The van der Waals surface area contributed by atoms with Gasteiger partial charge in [0.1, 0.15) is 0 Å². The van der Waals surface area contributed by atoms with E-state index in [-0.39, 0.29) is 6.10 Å². The van der Waals surface area contributed by atoms with Gasteiger partial charge in [0.05, 0.1) is 25.5 Å². The fraction of sp³-hybridized carbons (Fsp3) is 0.438. The van der Waals surface area contributed by atoms with E-state index in [0.29, 0.717) is 6.54 Å². The van der Waals surface area contributed by atoms with Crippen LogP contribution in [-0.4, -0.2) is 18.4 Å². The van der Waals surface area contributed by atoms with Crippen molar-refractivity contribution in [3.05, 3.63) is 41.3 Å². The molecule has 1 N–H and O–H groups in total. The lowest BCUT2D eigenvalue weighted by Crippen LogP contribution is -2.12. The third-order valence-electron chi connectivity index (χ3n) is 2.90. The van der Waals surface area contributed by atoms with Gasteiger partial charge in [-0.15, -0.1) is 0 Å². The van der Waals surface area contributed by atoms with Crippen LogP contribution in [0.25, 0.3) is 0 Å². The molecule has 0 saturated heterocycles. The first-order valence-electron chi connectivity index (χ1n) is 7.05. The van der Waals surface area contributed by atoms with Crippen LogP contribution in [0.15, 0.2) is 28.8 Å². The number of nitrogens with one attached hydrogen (secondary N) is 1. The van der Waals surface area contributed by atoms with E-state index in [4.69, 9.17) is 14.0 Å². The van der Waals surface area contributed by atoms with Crippen LogP contribution in [0.1, 0.15) is 30.9 Å². The number of methoxy groups -OCH3 is 1. The second-order valence-electron chi connectivity index (χ2n) is 5.19. The molecule has 0 amide bonds. The van der Waals surface area contributed by atoms with Crippen molar-refractivity contribution in [2.75, 3.05) is 7.11 Å².